The molecule has 1 amide bonds. The highest BCUT2D eigenvalue weighted by atomic mass is 19.4. The minimum Gasteiger partial charge on any atom is -0.466 e. The summed E-state index contributed by atoms with van der Waals surface area (Å²) < 4.78 is 59.0. The fourth-order valence-electron chi connectivity index (χ4n) is 4.28. The molecule has 2 heterocycles. The molecule has 1 atom stereocenters. The third kappa shape index (κ3) is 6.07. The van der Waals surface area contributed by atoms with Crippen LogP contribution in [0.2, 0.25) is 0 Å². The van der Waals surface area contributed by atoms with Crippen molar-refractivity contribution in [2.24, 2.45) is 5.92 Å². The second-order valence-electron chi connectivity index (χ2n) is 8.95. The molecule has 3 aromatic rings. The molecule has 1 saturated heterocycles. The van der Waals surface area contributed by atoms with Gasteiger partial charge >= 0.3 is 17.8 Å². The fraction of sp³-hybridized carbons (Fsp3) is 0.346. The number of ether oxygens (including phenoxy) is 1. The van der Waals surface area contributed by atoms with Crippen LogP contribution in [0.15, 0.2) is 58.1 Å². The zero-order valence-corrected chi connectivity index (χ0v) is 20.8. The van der Waals surface area contributed by atoms with Crippen molar-refractivity contribution in [1.29, 1.82) is 0 Å². The summed E-state index contributed by atoms with van der Waals surface area (Å²) in [6.07, 6.45) is -3.68. The Bertz CT molecular complexity index is 1480. The number of carbonyl (C=O) groups is 2. The average Bonchev–Trinajstić information content (AvgIpc) is 2.92. The Balaban J connectivity index is 1.79. The Labute approximate surface area is 219 Å². The van der Waals surface area contributed by atoms with Crippen molar-refractivity contribution in [1.82, 2.24) is 19.2 Å². The van der Waals surface area contributed by atoms with Crippen LogP contribution in [0.3, 0.4) is 0 Å². The lowest BCUT2D eigenvalue weighted by Gasteiger charge is -2.31. The molecule has 1 unspecified atom stereocenters. The van der Waals surface area contributed by atoms with Crippen LogP contribution in [0.4, 0.5) is 17.6 Å². The molecule has 0 aliphatic carbocycles. The first-order valence-electron chi connectivity index (χ1n) is 12.1. The van der Waals surface area contributed by atoms with Crippen LogP contribution in [0.25, 0.3) is 5.69 Å². The van der Waals surface area contributed by atoms with Crippen LogP contribution >= 0.6 is 0 Å². The molecule has 0 radical (unpaired) electrons. The Morgan fingerprint density at radius 2 is 1.72 bits per heavy atom. The summed E-state index contributed by atoms with van der Waals surface area (Å²) in [6, 6.07) is 8.44. The van der Waals surface area contributed by atoms with Crippen molar-refractivity contribution in [3.05, 3.63) is 92.0 Å². The highest BCUT2D eigenvalue weighted by Gasteiger charge is 2.33. The van der Waals surface area contributed by atoms with Gasteiger partial charge in [0.1, 0.15) is 5.82 Å². The zero-order chi connectivity index (χ0) is 28.3. The molecule has 0 spiro atoms. The molecule has 0 N–H and O–H groups in total. The van der Waals surface area contributed by atoms with Crippen LogP contribution in [0.5, 0.6) is 0 Å². The van der Waals surface area contributed by atoms with Gasteiger partial charge in [-0.05, 0) is 61.7 Å². The largest absolute Gasteiger partial charge is 0.466 e. The number of hydrogen-bond donors (Lipinski definition) is 0. The lowest BCUT2D eigenvalue weighted by Crippen LogP contribution is -2.49. The first-order chi connectivity index (χ1) is 18.5. The highest BCUT2D eigenvalue weighted by molar-refractivity contribution is 5.92. The summed E-state index contributed by atoms with van der Waals surface area (Å²) in [5.74, 6) is -2.47. The summed E-state index contributed by atoms with van der Waals surface area (Å²) in [4.78, 5) is 53.6. The van der Waals surface area contributed by atoms with Crippen molar-refractivity contribution in [2.75, 3.05) is 19.7 Å². The van der Waals surface area contributed by atoms with Gasteiger partial charge in [-0.15, -0.1) is 0 Å². The standard InChI is InChI=1S/C26H24F4N4O5/c1-2-39-24(37)17-4-3-13-32(15-17)22(35)21-23(36)33(14-16-5-9-19(27)10-6-16)25(38)34(31-21)20-11-7-18(8-12-20)26(28,29)30/h5-12,17H,2-4,13-15H2,1H3. The molecule has 1 fully saturated rings. The molecule has 39 heavy (non-hydrogen) atoms. The first-order valence-corrected chi connectivity index (χ1v) is 12.1. The lowest BCUT2D eigenvalue weighted by molar-refractivity contribution is -0.149. The lowest BCUT2D eigenvalue weighted by atomic mass is 9.98. The van der Waals surface area contributed by atoms with Crippen molar-refractivity contribution in [2.45, 2.75) is 32.5 Å². The van der Waals surface area contributed by atoms with E-state index in [1.54, 1.807) is 6.92 Å². The minimum absolute atomic E-state index is 0.0316. The molecule has 1 aromatic heterocycles. The van der Waals surface area contributed by atoms with Crippen molar-refractivity contribution >= 4 is 11.9 Å². The maximum atomic E-state index is 13.5. The molecular weight excluding hydrogens is 524 g/mol. The van der Waals surface area contributed by atoms with Gasteiger partial charge in [-0.1, -0.05) is 12.1 Å². The van der Waals surface area contributed by atoms with Crippen LogP contribution < -0.4 is 11.2 Å². The predicted octanol–water partition coefficient (Wildman–Crippen LogP) is 3.02. The monoisotopic (exact) mass is 548 g/mol. The third-order valence-electron chi connectivity index (χ3n) is 6.28. The number of rotatable bonds is 6. The van der Waals surface area contributed by atoms with Crippen LogP contribution in [0.1, 0.15) is 41.4 Å². The minimum atomic E-state index is -4.62. The normalized spacial score (nSPS) is 15.7. The number of hydrogen-bond acceptors (Lipinski definition) is 6. The summed E-state index contributed by atoms with van der Waals surface area (Å²) in [5, 5.41) is 3.95. The Morgan fingerprint density at radius 1 is 1.05 bits per heavy atom. The molecule has 2 aromatic carbocycles. The summed E-state index contributed by atoms with van der Waals surface area (Å²) >= 11 is 0. The molecule has 9 nitrogen and oxygen atoms in total. The van der Waals surface area contributed by atoms with Crippen molar-refractivity contribution < 1.29 is 31.9 Å². The molecule has 13 heteroatoms. The number of aromatic nitrogens is 3. The fourth-order valence-corrected chi connectivity index (χ4v) is 4.28. The van der Waals surface area contributed by atoms with E-state index in [0.29, 0.717) is 27.7 Å². The van der Waals surface area contributed by atoms with Crippen molar-refractivity contribution in [3.8, 4) is 5.69 Å². The van der Waals surface area contributed by atoms with E-state index in [0.717, 1.165) is 36.4 Å². The van der Waals surface area contributed by atoms with E-state index in [2.05, 4.69) is 5.10 Å². The topological polar surface area (TPSA) is 104 Å². The summed E-state index contributed by atoms with van der Waals surface area (Å²) in [7, 11) is 0. The van der Waals surface area contributed by atoms with Gasteiger partial charge in [0.05, 0.1) is 30.3 Å². The molecule has 4 rings (SSSR count). The van der Waals surface area contributed by atoms with Gasteiger partial charge in [0.15, 0.2) is 0 Å². The average molecular weight is 548 g/mol. The van der Waals surface area contributed by atoms with Gasteiger partial charge in [-0.2, -0.15) is 23.0 Å². The van der Waals surface area contributed by atoms with Crippen LogP contribution in [0, 0.1) is 11.7 Å². The zero-order valence-electron chi connectivity index (χ0n) is 20.8. The summed E-state index contributed by atoms with van der Waals surface area (Å²) in [6.45, 7) is 1.65. The first kappa shape index (κ1) is 27.7. The number of amides is 1. The number of nitrogens with zero attached hydrogens (tertiary/aromatic N) is 4. The smallest absolute Gasteiger partial charge is 0.416 e. The van der Waals surface area contributed by atoms with Gasteiger partial charge in [-0.25, -0.2) is 9.18 Å². The van der Waals surface area contributed by atoms with E-state index in [9.17, 15) is 36.7 Å². The molecular formula is C26H24F4N4O5. The number of halogens is 4. The van der Waals surface area contributed by atoms with E-state index >= 15 is 0 Å². The number of piperidine rings is 1. The molecule has 0 bridgehead atoms. The summed E-state index contributed by atoms with van der Waals surface area (Å²) in [5.41, 5.74) is -3.41. The van der Waals surface area contributed by atoms with Crippen LogP contribution in [-0.4, -0.2) is 50.8 Å². The number of likely N-dealkylation sites (tertiary alicyclic amines) is 1. The Morgan fingerprint density at radius 3 is 2.33 bits per heavy atom. The number of esters is 1. The van der Waals surface area contributed by atoms with Gasteiger partial charge in [0, 0.05) is 13.1 Å². The van der Waals surface area contributed by atoms with E-state index < -0.39 is 52.3 Å². The maximum absolute atomic E-state index is 13.5. The quantitative estimate of drug-likeness (QED) is 0.347. The van der Waals surface area contributed by atoms with E-state index in [1.165, 1.54) is 17.0 Å². The molecule has 1 aliphatic heterocycles. The van der Waals surface area contributed by atoms with E-state index in [4.69, 9.17) is 4.74 Å². The molecule has 1 aliphatic rings. The number of benzene rings is 2. The Kier molecular flexibility index (Phi) is 7.98. The SMILES string of the molecule is CCOC(=O)C1CCCN(C(=O)c2nn(-c3ccc(C(F)(F)F)cc3)c(=O)n(Cc3ccc(F)cc3)c2=O)C1. The van der Waals surface area contributed by atoms with Crippen LogP contribution in [-0.2, 0) is 22.3 Å². The second kappa shape index (κ2) is 11.2. The molecule has 206 valence electrons. The van der Waals surface area contributed by atoms with Gasteiger partial charge < -0.3 is 9.64 Å². The second-order valence-corrected chi connectivity index (χ2v) is 8.95. The van der Waals surface area contributed by atoms with Gasteiger partial charge in [0.25, 0.3) is 11.5 Å². The highest BCUT2D eigenvalue weighted by Crippen LogP contribution is 2.29. The number of alkyl halides is 3. The third-order valence-corrected chi connectivity index (χ3v) is 6.28. The maximum Gasteiger partial charge on any atom is 0.416 e. The predicted molar refractivity (Wildman–Crippen MR) is 130 cm³/mol. The molecule has 0 saturated carbocycles. The van der Waals surface area contributed by atoms with E-state index in [1.807, 2.05) is 0 Å². The van der Waals surface area contributed by atoms with Crippen molar-refractivity contribution in [3.63, 3.8) is 0 Å². The van der Waals surface area contributed by atoms with Gasteiger partial charge in [0.2, 0.25) is 5.69 Å². The number of carbonyl (C=O) groups excluding carboxylic acids is 2. The van der Waals surface area contributed by atoms with Gasteiger partial charge in [-0.3, -0.25) is 19.0 Å². The Hall–Kier alpha value is -4.29. The van der Waals surface area contributed by atoms with E-state index in [-0.39, 0.29) is 31.9 Å².